The highest BCUT2D eigenvalue weighted by atomic mass is 19.1. The van der Waals surface area contributed by atoms with E-state index in [2.05, 4.69) is 15.3 Å². The van der Waals surface area contributed by atoms with Crippen molar-refractivity contribution in [2.24, 2.45) is 11.5 Å². The average molecular weight is 499 g/mol. The molecule has 1 aliphatic rings. The number of benzene rings is 1. The highest BCUT2D eigenvalue weighted by Crippen LogP contribution is 2.36. The van der Waals surface area contributed by atoms with E-state index in [1.54, 1.807) is 6.07 Å². The van der Waals surface area contributed by atoms with Crippen LogP contribution < -0.4 is 16.8 Å². The second-order valence-corrected chi connectivity index (χ2v) is 8.52. The molecule has 0 bridgehead atoms. The number of hydrogen-bond acceptors (Lipinski definition) is 6. The summed E-state index contributed by atoms with van der Waals surface area (Å²) < 4.78 is 49.0. The monoisotopic (exact) mass is 499 g/mol. The maximum absolute atomic E-state index is 14.4. The molecule has 11 heteroatoms. The van der Waals surface area contributed by atoms with E-state index < -0.39 is 46.6 Å². The Morgan fingerprint density at radius 2 is 1.81 bits per heavy atom. The van der Waals surface area contributed by atoms with Crippen molar-refractivity contribution < 1.29 is 27.5 Å². The Hall–Kier alpha value is -3.83. The number of anilines is 1. The predicted molar refractivity (Wildman–Crippen MR) is 125 cm³/mol. The minimum Gasteiger partial charge on any atom is -0.370 e. The number of nitrogens with two attached hydrogens (primary N) is 2. The number of amides is 2. The van der Waals surface area contributed by atoms with Crippen LogP contribution in [0.2, 0.25) is 0 Å². The van der Waals surface area contributed by atoms with Crippen LogP contribution in [0.25, 0.3) is 11.3 Å². The zero-order valence-electron chi connectivity index (χ0n) is 19.1. The molecule has 0 saturated carbocycles. The Kier molecular flexibility index (Phi) is 7.61. The molecule has 8 nitrogen and oxygen atoms in total. The number of aromatic nitrogens is 2. The summed E-state index contributed by atoms with van der Waals surface area (Å²) in [7, 11) is 0. The molecule has 5 N–H and O–H groups in total. The summed E-state index contributed by atoms with van der Waals surface area (Å²) in [4.78, 5) is 32.1. The van der Waals surface area contributed by atoms with E-state index in [0.29, 0.717) is 30.5 Å². The van der Waals surface area contributed by atoms with E-state index in [1.165, 1.54) is 12.4 Å². The first-order chi connectivity index (χ1) is 17.2. The van der Waals surface area contributed by atoms with E-state index in [1.807, 2.05) is 0 Å². The van der Waals surface area contributed by atoms with Crippen LogP contribution >= 0.6 is 0 Å². The summed E-state index contributed by atoms with van der Waals surface area (Å²) in [5.41, 5.74) is 10.8. The molecule has 2 aromatic heterocycles. The number of carbonyl (C=O) groups is 2. The molecule has 0 radical (unpaired) electrons. The number of pyridine rings is 2. The molecule has 3 heterocycles. The molecule has 188 valence electrons. The van der Waals surface area contributed by atoms with Gasteiger partial charge in [-0.25, -0.2) is 18.2 Å². The quantitative estimate of drug-likeness (QED) is 0.455. The summed E-state index contributed by atoms with van der Waals surface area (Å²) in [6.07, 6.45) is 3.76. The van der Waals surface area contributed by atoms with Crippen molar-refractivity contribution in [3.63, 3.8) is 0 Å². The smallest absolute Gasteiger partial charge is 0.274 e. The van der Waals surface area contributed by atoms with Gasteiger partial charge in [0, 0.05) is 24.2 Å². The molecule has 0 spiro atoms. The van der Waals surface area contributed by atoms with Gasteiger partial charge in [-0.3, -0.25) is 14.6 Å². The van der Waals surface area contributed by atoms with E-state index in [4.69, 9.17) is 16.2 Å². The van der Waals surface area contributed by atoms with Crippen molar-refractivity contribution in [1.82, 2.24) is 9.97 Å². The second-order valence-electron chi connectivity index (χ2n) is 8.52. The van der Waals surface area contributed by atoms with Crippen LogP contribution in [0.1, 0.15) is 47.8 Å². The molecule has 4 rings (SSSR count). The van der Waals surface area contributed by atoms with Crippen LogP contribution in [0.3, 0.4) is 0 Å². The van der Waals surface area contributed by atoms with Gasteiger partial charge in [-0.2, -0.15) is 0 Å². The average Bonchev–Trinajstić information content (AvgIpc) is 2.83. The summed E-state index contributed by atoms with van der Waals surface area (Å²) >= 11 is 0. The van der Waals surface area contributed by atoms with Gasteiger partial charge >= 0.3 is 0 Å². The molecule has 36 heavy (non-hydrogen) atoms. The SMILES string of the molecule is NC(=O)CC[C@@H]1CC(N)CC(c2ccncc2NC(=O)c2ccc(F)c(-c3c(F)cccc3F)n2)O1. The van der Waals surface area contributed by atoms with Crippen molar-refractivity contribution in [1.29, 1.82) is 0 Å². The van der Waals surface area contributed by atoms with Crippen LogP contribution in [0.4, 0.5) is 18.9 Å². The Bertz CT molecular complexity index is 1270. The largest absolute Gasteiger partial charge is 0.370 e. The molecule has 2 unspecified atom stereocenters. The Morgan fingerprint density at radius 1 is 1.06 bits per heavy atom. The third-order valence-electron chi connectivity index (χ3n) is 5.88. The van der Waals surface area contributed by atoms with Crippen molar-refractivity contribution >= 4 is 17.5 Å². The lowest BCUT2D eigenvalue weighted by Gasteiger charge is -2.34. The lowest BCUT2D eigenvalue weighted by Crippen LogP contribution is -2.37. The third kappa shape index (κ3) is 5.69. The van der Waals surface area contributed by atoms with Gasteiger partial charge < -0.3 is 21.5 Å². The zero-order valence-corrected chi connectivity index (χ0v) is 19.1. The second kappa shape index (κ2) is 10.8. The fourth-order valence-corrected chi connectivity index (χ4v) is 4.19. The fraction of sp³-hybridized carbons (Fsp3) is 0.280. The summed E-state index contributed by atoms with van der Waals surface area (Å²) in [6, 6.07) is 6.58. The Balaban J connectivity index is 1.58. The predicted octanol–water partition coefficient (Wildman–Crippen LogP) is 3.63. The van der Waals surface area contributed by atoms with Crippen LogP contribution in [0.5, 0.6) is 0 Å². The Morgan fingerprint density at radius 3 is 2.53 bits per heavy atom. The maximum Gasteiger partial charge on any atom is 0.274 e. The molecule has 2 amide bonds. The highest BCUT2D eigenvalue weighted by molar-refractivity contribution is 6.03. The first kappa shape index (κ1) is 25.3. The lowest BCUT2D eigenvalue weighted by molar-refractivity contribution is -0.120. The van der Waals surface area contributed by atoms with Gasteiger partial charge in [-0.1, -0.05) is 6.07 Å². The van der Waals surface area contributed by atoms with Crippen LogP contribution in [0, 0.1) is 17.5 Å². The van der Waals surface area contributed by atoms with Gasteiger partial charge in [0.1, 0.15) is 28.8 Å². The van der Waals surface area contributed by atoms with Gasteiger partial charge in [0.15, 0.2) is 0 Å². The first-order valence-electron chi connectivity index (χ1n) is 11.3. The molecule has 1 fully saturated rings. The summed E-state index contributed by atoms with van der Waals surface area (Å²) in [5, 5.41) is 2.66. The minimum absolute atomic E-state index is 0.158. The summed E-state index contributed by atoms with van der Waals surface area (Å²) in [6.45, 7) is 0. The molecule has 1 aromatic carbocycles. The number of halogens is 3. The van der Waals surface area contributed by atoms with Gasteiger partial charge in [-0.15, -0.1) is 0 Å². The van der Waals surface area contributed by atoms with Crippen molar-refractivity contribution in [2.75, 3.05) is 5.32 Å². The van der Waals surface area contributed by atoms with Crippen LogP contribution in [-0.2, 0) is 9.53 Å². The van der Waals surface area contributed by atoms with Crippen LogP contribution in [0.15, 0.2) is 48.8 Å². The number of carbonyl (C=O) groups excluding carboxylic acids is 2. The van der Waals surface area contributed by atoms with Crippen molar-refractivity contribution in [2.45, 2.75) is 43.9 Å². The standard InChI is InChI=1S/C25H24F3N5O3/c26-16-2-1-3-17(27)23(16)24-18(28)5-6-19(32-24)25(35)33-20-12-31-9-8-15(20)21-11-13(29)10-14(36-21)4-7-22(30)34/h1-3,5-6,8-9,12-14,21H,4,7,10-11,29H2,(H2,30,34)(H,33,35)/t13?,14-,21?/m1/s1. The lowest BCUT2D eigenvalue weighted by atomic mass is 9.92. The maximum atomic E-state index is 14.4. The Labute approximate surface area is 204 Å². The topological polar surface area (TPSA) is 133 Å². The molecular formula is C25H24F3N5O3. The molecule has 3 atom stereocenters. The molecule has 1 saturated heterocycles. The molecule has 3 aromatic rings. The first-order valence-corrected chi connectivity index (χ1v) is 11.3. The van der Waals surface area contributed by atoms with Gasteiger partial charge in [0.05, 0.1) is 29.7 Å². The minimum atomic E-state index is -1.01. The van der Waals surface area contributed by atoms with Gasteiger partial charge in [0.2, 0.25) is 5.91 Å². The van der Waals surface area contributed by atoms with Gasteiger partial charge in [0.25, 0.3) is 5.91 Å². The van der Waals surface area contributed by atoms with E-state index in [9.17, 15) is 22.8 Å². The van der Waals surface area contributed by atoms with E-state index >= 15 is 0 Å². The highest BCUT2D eigenvalue weighted by Gasteiger charge is 2.30. The normalized spacial score (nSPS) is 19.6. The van der Waals surface area contributed by atoms with Crippen molar-refractivity contribution in [3.05, 3.63) is 77.5 Å². The van der Waals surface area contributed by atoms with Crippen LogP contribution in [-0.4, -0.2) is 33.9 Å². The third-order valence-corrected chi connectivity index (χ3v) is 5.88. The molecular weight excluding hydrogens is 475 g/mol. The zero-order chi connectivity index (χ0) is 25.8. The molecule has 1 aliphatic heterocycles. The van der Waals surface area contributed by atoms with Gasteiger partial charge in [-0.05, 0) is 49.6 Å². The van der Waals surface area contributed by atoms with E-state index in [0.717, 1.165) is 30.3 Å². The number of nitrogens with zero attached hydrogens (tertiary/aromatic N) is 2. The number of rotatable bonds is 7. The number of hydrogen-bond donors (Lipinski definition) is 3. The van der Waals surface area contributed by atoms with E-state index in [-0.39, 0.29) is 24.3 Å². The number of primary amides is 1. The fourth-order valence-electron chi connectivity index (χ4n) is 4.19. The van der Waals surface area contributed by atoms with Crippen molar-refractivity contribution in [3.8, 4) is 11.3 Å². The summed E-state index contributed by atoms with van der Waals surface area (Å²) in [5.74, 6) is -4.18. The molecule has 0 aliphatic carbocycles. The number of ether oxygens (including phenoxy) is 1. The number of nitrogens with one attached hydrogen (secondary N) is 1.